The molecule has 0 aliphatic rings. The van der Waals surface area contributed by atoms with Crippen LogP contribution in [0, 0.1) is 0 Å². The van der Waals surface area contributed by atoms with E-state index < -0.39 is 14.3 Å². The smallest absolute Gasteiger partial charge is 0.374 e. The molecule has 0 saturated carbocycles. The highest BCUT2D eigenvalue weighted by Gasteiger charge is 2.43. The molecule has 0 fully saturated rings. The van der Waals surface area contributed by atoms with Crippen LogP contribution in [0.4, 0.5) is 11.4 Å². The lowest BCUT2D eigenvalue weighted by atomic mass is 9.81. The molecule has 0 saturated heterocycles. The van der Waals surface area contributed by atoms with Crippen LogP contribution in [0.3, 0.4) is 0 Å². The molecule has 32 heavy (non-hydrogen) atoms. The van der Waals surface area contributed by atoms with Crippen LogP contribution < -0.4 is 5.73 Å². The van der Waals surface area contributed by atoms with Crippen molar-refractivity contribution in [2.24, 2.45) is 15.7 Å². The van der Waals surface area contributed by atoms with Gasteiger partial charge in [0.1, 0.15) is 0 Å². The fourth-order valence-corrected chi connectivity index (χ4v) is 6.28. The van der Waals surface area contributed by atoms with Gasteiger partial charge in [0.25, 0.3) is 0 Å². The van der Waals surface area contributed by atoms with Crippen molar-refractivity contribution < 1.29 is 22.9 Å². The summed E-state index contributed by atoms with van der Waals surface area (Å²) >= 11 is 0. The first-order valence-electron chi connectivity index (χ1n) is 10.5. The fraction of sp³-hybridized carbons (Fsp3) is 0.391. The number of carbonyl (C=O) groups excluding carboxylic acids is 2. The lowest BCUT2D eigenvalue weighted by Crippen LogP contribution is -2.49. The van der Waals surface area contributed by atoms with E-state index in [4.69, 9.17) is 19.0 Å². The molecule has 0 aliphatic heterocycles. The first kappa shape index (κ1) is 25.5. The van der Waals surface area contributed by atoms with Crippen molar-refractivity contribution in [3.05, 3.63) is 59.7 Å². The predicted octanol–water partition coefficient (Wildman–Crippen LogP) is 4.26. The predicted molar refractivity (Wildman–Crippen MR) is 123 cm³/mol. The van der Waals surface area contributed by atoms with Crippen LogP contribution in [0.15, 0.2) is 58.5 Å². The van der Waals surface area contributed by atoms with Crippen molar-refractivity contribution in [1.29, 1.82) is 0 Å². The van der Waals surface area contributed by atoms with Crippen molar-refractivity contribution >= 4 is 32.3 Å². The van der Waals surface area contributed by atoms with E-state index in [9.17, 15) is 9.59 Å². The van der Waals surface area contributed by atoms with Gasteiger partial charge in [0.2, 0.25) is 12.2 Å². The van der Waals surface area contributed by atoms with Gasteiger partial charge in [-0.15, -0.1) is 0 Å². The van der Waals surface area contributed by atoms with E-state index in [-0.39, 0.29) is 0 Å². The highest BCUT2D eigenvalue weighted by atomic mass is 28.4. The molecule has 170 valence electrons. The molecule has 0 aromatic heterocycles. The van der Waals surface area contributed by atoms with E-state index in [2.05, 4.69) is 9.98 Å². The molecular weight excluding hydrogens is 426 g/mol. The highest BCUT2D eigenvalue weighted by molar-refractivity contribution is 6.60. The molecule has 0 heterocycles. The Morgan fingerprint density at radius 3 is 1.47 bits per heavy atom. The quantitative estimate of drug-likeness (QED) is 0.274. The summed E-state index contributed by atoms with van der Waals surface area (Å²) < 4.78 is 18.0. The van der Waals surface area contributed by atoms with Crippen molar-refractivity contribution in [2.45, 2.75) is 38.8 Å². The Morgan fingerprint density at radius 2 is 1.16 bits per heavy atom. The van der Waals surface area contributed by atoms with E-state index in [1.54, 1.807) is 24.3 Å². The molecular formula is C23H29N3O5Si. The van der Waals surface area contributed by atoms with Gasteiger partial charge in [-0.05, 0) is 62.6 Å². The van der Waals surface area contributed by atoms with E-state index in [0.29, 0.717) is 43.7 Å². The maximum Gasteiger partial charge on any atom is 0.501 e. The normalized spacial score (nSPS) is 13.0. The summed E-state index contributed by atoms with van der Waals surface area (Å²) in [7, 11) is -2.94. The second-order valence-corrected chi connectivity index (χ2v) is 9.69. The summed E-state index contributed by atoms with van der Waals surface area (Å²) in [4.78, 5) is 28.4. The number of aliphatic imine (C=N–C) groups is 2. The van der Waals surface area contributed by atoms with Gasteiger partial charge in [-0.3, -0.25) is 0 Å². The second-order valence-electron chi connectivity index (χ2n) is 6.95. The molecule has 2 aromatic carbocycles. The maximum atomic E-state index is 10.6. The Balaban J connectivity index is 2.49. The van der Waals surface area contributed by atoms with Crippen LogP contribution in [0.1, 0.15) is 38.3 Å². The average molecular weight is 456 g/mol. The fourth-order valence-electron chi connectivity index (χ4n) is 3.58. The number of nitrogens with two attached hydrogens (primary N) is 1. The third-order valence-electron chi connectivity index (χ3n) is 5.03. The standard InChI is InChI=1S/C23H29N3O5Si/c1-4-29-32(30-5-2,31-6-3)16-15-23(24,19-7-11-21(12-8-19)25-17-27)20-9-13-22(14-10-20)26-18-28/h7-14H,4-6,15-16,24H2,1-3H3. The molecule has 0 bridgehead atoms. The van der Waals surface area contributed by atoms with Crippen LogP contribution in [-0.2, 0) is 28.4 Å². The van der Waals surface area contributed by atoms with Crippen molar-refractivity contribution in [2.75, 3.05) is 19.8 Å². The number of hydrogen-bond acceptors (Lipinski definition) is 8. The zero-order chi connectivity index (χ0) is 23.5. The minimum atomic E-state index is -2.94. The summed E-state index contributed by atoms with van der Waals surface area (Å²) in [6, 6.07) is 14.7. The molecule has 2 aromatic rings. The maximum absolute atomic E-state index is 10.6. The van der Waals surface area contributed by atoms with Gasteiger partial charge < -0.3 is 19.0 Å². The summed E-state index contributed by atoms with van der Waals surface area (Å²) in [5.41, 5.74) is 8.72. The first-order chi connectivity index (χ1) is 15.5. The molecule has 0 aliphatic carbocycles. The Hall–Kier alpha value is -2.74. The van der Waals surface area contributed by atoms with E-state index in [1.165, 1.54) is 12.2 Å². The van der Waals surface area contributed by atoms with Gasteiger partial charge in [-0.1, -0.05) is 24.3 Å². The third-order valence-corrected chi connectivity index (χ3v) is 8.08. The van der Waals surface area contributed by atoms with E-state index in [1.807, 2.05) is 45.0 Å². The zero-order valence-corrected chi connectivity index (χ0v) is 19.7. The van der Waals surface area contributed by atoms with Crippen molar-refractivity contribution in [3.8, 4) is 0 Å². The molecule has 9 heteroatoms. The molecule has 8 nitrogen and oxygen atoms in total. The number of benzene rings is 2. The molecule has 0 atom stereocenters. The Bertz CT molecular complexity index is 874. The topological polar surface area (TPSA) is 113 Å². The largest absolute Gasteiger partial charge is 0.501 e. The van der Waals surface area contributed by atoms with Gasteiger partial charge in [-0.25, -0.2) is 9.59 Å². The minimum absolute atomic E-state index is 0.473. The number of hydrogen-bond donors (Lipinski definition) is 1. The number of isocyanates is 2. The van der Waals surface area contributed by atoms with E-state index in [0.717, 1.165) is 11.1 Å². The molecule has 2 rings (SSSR count). The lowest BCUT2D eigenvalue weighted by Gasteiger charge is -2.35. The lowest BCUT2D eigenvalue weighted by molar-refractivity contribution is 0.0694. The van der Waals surface area contributed by atoms with Gasteiger partial charge in [-0.2, -0.15) is 9.98 Å². The van der Waals surface area contributed by atoms with Crippen molar-refractivity contribution in [3.63, 3.8) is 0 Å². The van der Waals surface area contributed by atoms with Crippen LogP contribution >= 0.6 is 0 Å². The minimum Gasteiger partial charge on any atom is -0.374 e. The Labute approximate surface area is 189 Å². The summed E-state index contributed by atoms with van der Waals surface area (Å²) in [5.74, 6) is 0. The molecule has 0 amide bonds. The zero-order valence-electron chi connectivity index (χ0n) is 18.7. The Morgan fingerprint density at radius 1 is 0.781 bits per heavy atom. The molecule has 0 unspecified atom stereocenters. The molecule has 0 spiro atoms. The molecule has 2 N–H and O–H groups in total. The monoisotopic (exact) mass is 455 g/mol. The van der Waals surface area contributed by atoms with Crippen LogP contribution in [0.5, 0.6) is 0 Å². The number of nitrogens with zero attached hydrogens (tertiary/aromatic N) is 2. The second kappa shape index (κ2) is 12.3. The third kappa shape index (κ3) is 6.38. The first-order valence-corrected chi connectivity index (χ1v) is 12.5. The van der Waals surface area contributed by atoms with Gasteiger partial charge >= 0.3 is 8.80 Å². The van der Waals surface area contributed by atoms with E-state index >= 15 is 0 Å². The SMILES string of the molecule is CCO[Si](CCC(N)(c1ccc(N=C=O)cc1)c1ccc(N=C=O)cc1)(OCC)OCC. The number of rotatable bonds is 13. The summed E-state index contributed by atoms with van der Waals surface area (Å²) in [6.45, 7) is 7.15. The molecule has 0 radical (unpaired) electrons. The van der Waals surface area contributed by atoms with Gasteiger partial charge in [0, 0.05) is 25.9 Å². The van der Waals surface area contributed by atoms with Gasteiger partial charge in [0.05, 0.1) is 16.9 Å². The summed E-state index contributed by atoms with van der Waals surface area (Å²) in [5, 5.41) is 0. The Kier molecular flexibility index (Phi) is 9.83. The van der Waals surface area contributed by atoms with Crippen molar-refractivity contribution in [1.82, 2.24) is 0 Å². The van der Waals surface area contributed by atoms with Gasteiger partial charge in [0.15, 0.2) is 0 Å². The average Bonchev–Trinajstić information content (AvgIpc) is 2.79. The summed E-state index contributed by atoms with van der Waals surface area (Å²) in [6.07, 6.45) is 3.55. The highest BCUT2D eigenvalue weighted by Crippen LogP contribution is 2.36. The van der Waals surface area contributed by atoms with Crippen LogP contribution in [0.25, 0.3) is 0 Å². The van der Waals surface area contributed by atoms with Crippen LogP contribution in [-0.4, -0.2) is 40.8 Å². The van der Waals surface area contributed by atoms with Crippen LogP contribution in [0.2, 0.25) is 6.04 Å².